The van der Waals surface area contributed by atoms with Crippen molar-refractivity contribution in [2.24, 2.45) is 5.92 Å². The largest absolute Gasteiger partial charge is 0.397 e. The van der Waals surface area contributed by atoms with Crippen LogP contribution >= 0.6 is 23.2 Å². The van der Waals surface area contributed by atoms with Crippen LogP contribution in [0.2, 0.25) is 10.0 Å². The Morgan fingerprint density at radius 2 is 1.90 bits per heavy atom. The van der Waals surface area contributed by atoms with Crippen molar-refractivity contribution in [3.05, 3.63) is 28.0 Å². The first-order valence-electron chi connectivity index (χ1n) is 7.13. The van der Waals surface area contributed by atoms with Gasteiger partial charge in [-0.2, -0.15) is 4.98 Å². The summed E-state index contributed by atoms with van der Waals surface area (Å²) >= 11 is 12.1. The number of nitrogens with two attached hydrogens (primary N) is 1. The lowest BCUT2D eigenvalue weighted by atomic mass is 9.83. The van der Waals surface area contributed by atoms with Crippen LogP contribution in [0.4, 0.5) is 5.69 Å². The molecule has 1 aliphatic rings. The minimum atomic E-state index is 0.370. The summed E-state index contributed by atoms with van der Waals surface area (Å²) in [6.07, 6.45) is 4.62. The van der Waals surface area contributed by atoms with Gasteiger partial charge in [0.2, 0.25) is 0 Å². The minimum absolute atomic E-state index is 0.370. The SMILES string of the molecule is CC1CCC(c2noc(-c3cc(Cl)cc(Cl)c3N)n2)CC1. The second-order valence-corrected chi connectivity index (χ2v) is 6.61. The molecule has 1 aromatic carbocycles. The van der Waals surface area contributed by atoms with Gasteiger partial charge in [0, 0.05) is 10.9 Å². The third kappa shape index (κ3) is 3.01. The van der Waals surface area contributed by atoms with Crippen molar-refractivity contribution in [2.45, 2.75) is 38.5 Å². The highest BCUT2D eigenvalue weighted by Crippen LogP contribution is 2.37. The molecule has 0 aliphatic heterocycles. The fourth-order valence-corrected chi connectivity index (χ4v) is 3.28. The van der Waals surface area contributed by atoms with Gasteiger partial charge < -0.3 is 10.3 Å². The van der Waals surface area contributed by atoms with Gasteiger partial charge in [-0.25, -0.2) is 0 Å². The molecule has 1 fully saturated rings. The molecule has 4 nitrogen and oxygen atoms in total. The van der Waals surface area contributed by atoms with Gasteiger partial charge in [-0.15, -0.1) is 0 Å². The van der Waals surface area contributed by atoms with Crippen molar-refractivity contribution < 1.29 is 4.52 Å². The lowest BCUT2D eigenvalue weighted by Crippen LogP contribution is -2.11. The number of benzene rings is 1. The molecular formula is C15H17Cl2N3O. The Morgan fingerprint density at radius 1 is 1.19 bits per heavy atom. The first-order valence-corrected chi connectivity index (χ1v) is 7.88. The van der Waals surface area contributed by atoms with E-state index in [1.54, 1.807) is 12.1 Å². The highest BCUT2D eigenvalue weighted by Gasteiger charge is 2.25. The Morgan fingerprint density at radius 3 is 2.62 bits per heavy atom. The lowest BCUT2D eigenvalue weighted by Gasteiger charge is -2.23. The molecule has 2 aromatic rings. The summed E-state index contributed by atoms with van der Waals surface area (Å²) in [6.45, 7) is 2.28. The quantitative estimate of drug-likeness (QED) is 0.796. The molecule has 0 saturated heterocycles. The minimum Gasteiger partial charge on any atom is -0.397 e. The maximum absolute atomic E-state index is 6.04. The average Bonchev–Trinajstić information content (AvgIpc) is 2.93. The van der Waals surface area contributed by atoms with Crippen molar-refractivity contribution in [2.75, 3.05) is 5.73 Å². The maximum Gasteiger partial charge on any atom is 0.260 e. The molecule has 3 rings (SSSR count). The predicted octanol–water partition coefficient (Wildman–Crippen LogP) is 4.92. The Bertz CT molecular complexity index is 648. The molecule has 21 heavy (non-hydrogen) atoms. The van der Waals surface area contributed by atoms with Crippen LogP contribution in [0.3, 0.4) is 0 Å². The number of nitrogens with zero attached hydrogens (tertiary/aromatic N) is 2. The van der Waals surface area contributed by atoms with Gasteiger partial charge >= 0.3 is 0 Å². The molecule has 0 bridgehead atoms. The van der Waals surface area contributed by atoms with Crippen LogP contribution in [0.5, 0.6) is 0 Å². The summed E-state index contributed by atoms with van der Waals surface area (Å²) in [6, 6.07) is 3.30. The second-order valence-electron chi connectivity index (χ2n) is 5.76. The average molecular weight is 326 g/mol. The van der Waals surface area contributed by atoms with E-state index in [1.165, 1.54) is 12.8 Å². The maximum atomic E-state index is 6.04. The van der Waals surface area contributed by atoms with Gasteiger partial charge in [-0.3, -0.25) is 0 Å². The molecule has 1 aliphatic carbocycles. The van der Waals surface area contributed by atoms with Crippen molar-refractivity contribution in [1.82, 2.24) is 10.1 Å². The van der Waals surface area contributed by atoms with E-state index in [1.807, 2.05) is 0 Å². The standard InChI is InChI=1S/C15H17Cl2N3O/c1-8-2-4-9(5-3-8)14-19-15(21-20-14)11-6-10(16)7-12(17)13(11)18/h6-9H,2-5,18H2,1H3. The highest BCUT2D eigenvalue weighted by atomic mass is 35.5. The molecule has 2 N–H and O–H groups in total. The molecular weight excluding hydrogens is 309 g/mol. The van der Waals surface area contributed by atoms with Crippen molar-refractivity contribution in [1.29, 1.82) is 0 Å². The van der Waals surface area contributed by atoms with Gasteiger partial charge in [-0.1, -0.05) is 48.1 Å². The summed E-state index contributed by atoms with van der Waals surface area (Å²) in [7, 11) is 0. The van der Waals surface area contributed by atoms with Crippen molar-refractivity contribution in [3.8, 4) is 11.5 Å². The number of halogens is 2. The van der Waals surface area contributed by atoms with Gasteiger partial charge in [-0.05, 0) is 30.9 Å². The molecule has 0 unspecified atom stereocenters. The van der Waals surface area contributed by atoms with Gasteiger partial charge in [0.15, 0.2) is 5.82 Å². The number of hydrogen-bond donors (Lipinski definition) is 1. The predicted molar refractivity (Wildman–Crippen MR) is 84.5 cm³/mol. The molecule has 0 amide bonds. The number of rotatable bonds is 2. The third-order valence-electron chi connectivity index (χ3n) is 4.15. The van der Waals surface area contributed by atoms with E-state index in [9.17, 15) is 0 Å². The summed E-state index contributed by atoms with van der Waals surface area (Å²) in [5.74, 6) is 2.29. The third-order valence-corrected chi connectivity index (χ3v) is 4.68. The van der Waals surface area contributed by atoms with Crippen LogP contribution in [-0.4, -0.2) is 10.1 Å². The topological polar surface area (TPSA) is 64.9 Å². The van der Waals surface area contributed by atoms with Crippen molar-refractivity contribution in [3.63, 3.8) is 0 Å². The molecule has 1 heterocycles. The van der Waals surface area contributed by atoms with Gasteiger partial charge in [0.1, 0.15) is 0 Å². The molecule has 6 heteroatoms. The summed E-state index contributed by atoms with van der Waals surface area (Å²) < 4.78 is 5.36. The fourth-order valence-electron chi connectivity index (χ4n) is 2.79. The van der Waals surface area contributed by atoms with Crippen LogP contribution in [0.1, 0.15) is 44.3 Å². The van der Waals surface area contributed by atoms with E-state index in [-0.39, 0.29) is 0 Å². The molecule has 1 saturated carbocycles. The van der Waals surface area contributed by atoms with E-state index in [0.29, 0.717) is 33.1 Å². The summed E-state index contributed by atoms with van der Waals surface area (Å²) in [5.41, 5.74) is 6.97. The van der Waals surface area contributed by atoms with Gasteiger partial charge in [0.05, 0.1) is 16.3 Å². The number of anilines is 1. The molecule has 112 valence electrons. The lowest BCUT2D eigenvalue weighted by molar-refractivity contribution is 0.329. The second kappa shape index (κ2) is 5.85. The van der Waals surface area contributed by atoms with E-state index in [0.717, 1.165) is 24.6 Å². The monoisotopic (exact) mass is 325 g/mol. The van der Waals surface area contributed by atoms with Crippen LogP contribution < -0.4 is 5.73 Å². The van der Waals surface area contributed by atoms with Crippen LogP contribution in [0.25, 0.3) is 11.5 Å². The van der Waals surface area contributed by atoms with Crippen molar-refractivity contribution >= 4 is 28.9 Å². The summed E-state index contributed by atoms with van der Waals surface area (Å²) in [5, 5.41) is 5.00. The molecule has 1 aromatic heterocycles. The molecule has 0 radical (unpaired) electrons. The normalized spacial score (nSPS) is 22.4. The fraction of sp³-hybridized carbons (Fsp3) is 0.467. The Labute approximate surface area is 133 Å². The number of nitrogen functional groups attached to an aromatic ring is 1. The number of aromatic nitrogens is 2. The van der Waals surface area contributed by atoms with Crippen LogP contribution in [0.15, 0.2) is 16.7 Å². The van der Waals surface area contributed by atoms with Gasteiger partial charge in [0.25, 0.3) is 5.89 Å². The van der Waals surface area contributed by atoms with E-state index in [4.69, 9.17) is 33.5 Å². The van der Waals surface area contributed by atoms with Crippen LogP contribution in [-0.2, 0) is 0 Å². The summed E-state index contributed by atoms with van der Waals surface area (Å²) in [4.78, 5) is 4.50. The molecule has 0 atom stereocenters. The first-order chi connectivity index (χ1) is 10.0. The highest BCUT2D eigenvalue weighted by molar-refractivity contribution is 6.37. The Hall–Kier alpha value is -1.26. The number of hydrogen-bond acceptors (Lipinski definition) is 4. The van der Waals surface area contributed by atoms with E-state index < -0.39 is 0 Å². The Balaban J connectivity index is 1.88. The molecule has 0 spiro atoms. The first kappa shape index (κ1) is 14.7. The zero-order chi connectivity index (χ0) is 15.0. The van der Waals surface area contributed by atoms with E-state index in [2.05, 4.69) is 17.1 Å². The zero-order valence-corrected chi connectivity index (χ0v) is 13.3. The van der Waals surface area contributed by atoms with E-state index >= 15 is 0 Å². The smallest absolute Gasteiger partial charge is 0.260 e. The Kier molecular flexibility index (Phi) is 4.09. The zero-order valence-electron chi connectivity index (χ0n) is 11.8. The van der Waals surface area contributed by atoms with Crippen LogP contribution in [0, 0.1) is 5.92 Å².